The Bertz CT molecular complexity index is 862. The third-order valence-electron chi connectivity index (χ3n) is 4.11. The zero-order valence-electron chi connectivity index (χ0n) is 16.4. The van der Waals surface area contributed by atoms with Crippen LogP contribution in [0.4, 0.5) is 4.39 Å². The van der Waals surface area contributed by atoms with Gasteiger partial charge in [-0.15, -0.1) is 0 Å². The van der Waals surface area contributed by atoms with E-state index in [2.05, 4.69) is 21.2 Å². The Labute approximate surface area is 183 Å². The van der Waals surface area contributed by atoms with Gasteiger partial charge in [-0.1, -0.05) is 39.7 Å². The Kier molecular flexibility index (Phi) is 8.46. The highest BCUT2D eigenvalue weighted by Gasteiger charge is 2.27. The molecule has 2 aromatic rings. The summed E-state index contributed by atoms with van der Waals surface area (Å²) in [6.45, 7) is 5.18. The normalized spacial score (nSPS) is 11.8. The first-order chi connectivity index (χ1) is 13.7. The SMILES string of the molecule is CC(C)NC(=O)[C@@H](C)N(Cc1ccc(F)cc1)C(=O)COc1ccc(Br)cc1Cl. The molecule has 2 aromatic carbocycles. The number of rotatable bonds is 8. The molecule has 0 aromatic heterocycles. The van der Waals surface area contributed by atoms with Crippen LogP contribution in [0.2, 0.25) is 5.02 Å². The maximum atomic E-state index is 13.2. The molecule has 1 atom stereocenters. The van der Waals surface area contributed by atoms with Crippen LogP contribution in [0.15, 0.2) is 46.9 Å². The van der Waals surface area contributed by atoms with Crippen molar-refractivity contribution >= 4 is 39.3 Å². The van der Waals surface area contributed by atoms with Gasteiger partial charge in [0, 0.05) is 17.1 Å². The number of hydrogen-bond donors (Lipinski definition) is 1. The Morgan fingerprint density at radius 1 is 1.17 bits per heavy atom. The van der Waals surface area contributed by atoms with E-state index in [9.17, 15) is 14.0 Å². The first-order valence-corrected chi connectivity index (χ1v) is 10.3. The van der Waals surface area contributed by atoms with E-state index in [-0.39, 0.29) is 36.8 Å². The van der Waals surface area contributed by atoms with Crippen LogP contribution in [0.1, 0.15) is 26.3 Å². The summed E-state index contributed by atoms with van der Waals surface area (Å²) in [5.74, 6) is -0.675. The summed E-state index contributed by atoms with van der Waals surface area (Å²) in [4.78, 5) is 26.8. The van der Waals surface area contributed by atoms with E-state index in [0.717, 1.165) is 4.47 Å². The van der Waals surface area contributed by atoms with Crippen molar-refractivity contribution in [3.05, 3.63) is 63.3 Å². The minimum Gasteiger partial charge on any atom is -0.482 e. The predicted molar refractivity (Wildman–Crippen MR) is 114 cm³/mol. The van der Waals surface area contributed by atoms with Crippen LogP contribution in [0.3, 0.4) is 0 Å². The van der Waals surface area contributed by atoms with Crippen molar-refractivity contribution < 1.29 is 18.7 Å². The molecule has 0 fully saturated rings. The van der Waals surface area contributed by atoms with E-state index in [1.165, 1.54) is 17.0 Å². The molecule has 2 amide bonds. The van der Waals surface area contributed by atoms with Crippen molar-refractivity contribution in [2.45, 2.75) is 39.4 Å². The highest BCUT2D eigenvalue weighted by atomic mass is 79.9. The van der Waals surface area contributed by atoms with E-state index >= 15 is 0 Å². The van der Waals surface area contributed by atoms with Crippen LogP contribution in [-0.4, -0.2) is 35.4 Å². The molecule has 0 radical (unpaired) electrons. The molecule has 2 rings (SSSR count). The summed E-state index contributed by atoms with van der Waals surface area (Å²) >= 11 is 9.44. The van der Waals surface area contributed by atoms with Crippen LogP contribution in [0.5, 0.6) is 5.75 Å². The zero-order valence-corrected chi connectivity index (χ0v) is 18.8. The molecular weight excluding hydrogens is 463 g/mol. The lowest BCUT2D eigenvalue weighted by atomic mass is 10.1. The third kappa shape index (κ3) is 7.01. The predicted octanol–water partition coefficient (Wildman–Crippen LogP) is 4.56. The number of carbonyl (C=O) groups is 2. The quantitative estimate of drug-likeness (QED) is 0.596. The number of amides is 2. The zero-order chi connectivity index (χ0) is 21.6. The fourth-order valence-corrected chi connectivity index (χ4v) is 3.32. The number of hydrogen-bond acceptors (Lipinski definition) is 3. The van der Waals surface area contributed by atoms with Crippen LogP contribution >= 0.6 is 27.5 Å². The molecule has 0 aliphatic heterocycles. The molecule has 0 spiro atoms. The maximum Gasteiger partial charge on any atom is 0.261 e. The summed E-state index contributed by atoms with van der Waals surface area (Å²) in [6, 6.07) is 10.0. The number of nitrogens with one attached hydrogen (secondary N) is 1. The second-order valence-electron chi connectivity index (χ2n) is 6.85. The van der Waals surface area contributed by atoms with Crippen molar-refractivity contribution in [2.75, 3.05) is 6.61 Å². The Hall–Kier alpha value is -2.12. The molecule has 0 aliphatic carbocycles. The molecular formula is C21H23BrClFN2O3. The van der Waals surface area contributed by atoms with Gasteiger partial charge in [0.1, 0.15) is 17.6 Å². The number of ether oxygens (including phenoxy) is 1. The molecule has 1 N–H and O–H groups in total. The first-order valence-electron chi connectivity index (χ1n) is 9.09. The van der Waals surface area contributed by atoms with Gasteiger partial charge in [0.05, 0.1) is 5.02 Å². The van der Waals surface area contributed by atoms with Gasteiger partial charge in [-0.25, -0.2) is 4.39 Å². The topological polar surface area (TPSA) is 58.6 Å². The van der Waals surface area contributed by atoms with Gasteiger partial charge < -0.3 is 15.0 Å². The minimum atomic E-state index is -0.737. The highest BCUT2D eigenvalue weighted by Crippen LogP contribution is 2.27. The van der Waals surface area contributed by atoms with Gasteiger partial charge in [-0.3, -0.25) is 9.59 Å². The summed E-state index contributed by atoms with van der Waals surface area (Å²) in [6.07, 6.45) is 0. The summed E-state index contributed by atoms with van der Waals surface area (Å²) in [7, 11) is 0. The third-order valence-corrected chi connectivity index (χ3v) is 4.90. The van der Waals surface area contributed by atoms with Gasteiger partial charge in [0.15, 0.2) is 6.61 Å². The van der Waals surface area contributed by atoms with E-state index in [4.69, 9.17) is 16.3 Å². The van der Waals surface area contributed by atoms with Crippen LogP contribution in [-0.2, 0) is 16.1 Å². The fourth-order valence-electron chi connectivity index (χ4n) is 2.59. The molecule has 156 valence electrons. The van der Waals surface area contributed by atoms with Gasteiger partial charge >= 0.3 is 0 Å². The van der Waals surface area contributed by atoms with E-state index in [1.54, 1.807) is 37.3 Å². The lowest BCUT2D eigenvalue weighted by molar-refractivity contribution is -0.142. The van der Waals surface area contributed by atoms with Crippen molar-refractivity contribution in [2.24, 2.45) is 0 Å². The number of nitrogens with zero attached hydrogens (tertiary/aromatic N) is 1. The average Bonchev–Trinajstić information content (AvgIpc) is 2.65. The van der Waals surface area contributed by atoms with Crippen LogP contribution < -0.4 is 10.1 Å². The standard InChI is InChI=1S/C21H23BrClFN2O3/c1-13(2)25-21(28)14(3)26(11-15-4-7-17(24)8-5-15)20(27)12-29-19-9-6-16(22)10-18(19)23/h4-10,13-14H,11-12H2,1-3H3,(H,25,28)/t14-/m1/s1. The van der Waals surface area contributed by atoms with E-state index in [0.29, 0.717) is 16.3 Å². The number of benzene rings is 2. The molecule has 8 heteroatoms. The van der Waals surface area contributed by atoms with Gasteiger partial charge in [0.25, 0.3) is 5.91 Å². The fraction of sp³-hybridized carbons (Fsp3) is 0.333. The molecule has 0 saturated heterocycles. The number of carbonyl (C=O) groups excluding carboxylic acids is 2. The Balaban J connectivity index is 2.16. The second-order valence-corrected chi connectivity index (χ2v) is 8.17. The molecule has 29 heavy (non-hydrogen) atoms. The smallest absolute Gasteiger partial charge is 0.261 e. The maximum absolute atomic E-state index is 13.2. The Morgan fingerprint density at radius 2 is 1.83 bits per heavy atom. The van der Waals surface area contributed by atoms with Gasteiger partial charge in [-0.2, -0.15) is 0 Å². The molecule has 0 heterocycles. The monoisotopic (exact) mass is 484 g/mol. The lowest BCUT2D eigenvalue weighted by Gasteiger charge is -2.29. The average molecular weight is 486 g/mol. The Morgan fingerprint density at radius 3 is 2.41 bits per heavy atom. The van der Waals surface area contributed by atoms with Crippen molar-refractivity contribution in [3.8, 4) is 5.75 Å². The summed E-state index contributed by atoms with van der Waals surface area (Å²) < 4.78 is 19.6. The second kappa shape index (κ2) is 10.6. The van der Waals surface area contributed by atoms with Gasteiger partial charge in [-0.05, 0) is 56.7 Å². The highest BCUT2D eigenvalue weighted by molar-refractivity contribution is 9.10. The van der Waals surface area contributed by atoms with E-state index < -0.39 is 6.04 Å². The summed E-state index contributed by atoms with van der Waals surface area (Å²) in [5, 5.41) is 3.17. The lowest BCUT2D eigenvalue weighted by Crippen LogP contribution is -2.50. The minimum absolute atomic E-state index is 0.0643. The van der Waals surface area contributed by atoms with Crippen molar-refractivity contribution in [3.63, 3.8) is 0 Å². The van der Waals surface area contributed by atoms with Crippen molar-refractivity contribution in [1.29, 1.82) is 0 Å². The van der Waals surface area contributed by atoms with Crippen LogP contribution in [0.25, 0.3) is 0 Å². The van der Waals surface area contributed by atoms with Crippen molar-refractivity contribution in [1.82, 2.24) is 10.2 Å². The summed E-state index contributed by atoms with van der Waals surface area (Å²) in [5.41, 5.74) is 0.700. The van der Waals surface area contributed by atoms with E-state index in [1.807, 2.05) is 13.8 Å². The molecule has 0 aliphatic rings. The molecule has 0 saturated carbocycles. The number of halogens is 3. The molecule has 0 unspecified atom stereocenters. The molecule has 5 nitrogen and oxygen atoms in total. The van der Waals surface area contributed by atoms with Gasteiger partial charge in [0.2, 0.25) is 5.91 Å². The first kappa shape index (κ1) is 23.2. The molecule has 0 bridgehead atoms. The van der Waals surface area contributed by atoms with Crippen LogP contribution in [0, 0.1) is 5.82 Å². The largest absolute Gasteiger partial charge is 0.482 e.